The molecular formula is C21H27NO3. The Balaban J connectivity index is 2.07. The van der Waals surface area contributed by atoms with Crippen LogP contribution in [0.15, 0.2) is 48.5 Å². The van der Waals surface area contributed by atoms with Crippen LogP contribution in [-0.4, -0.2) is 31.1 Å². The third-order valence-corrected chi connectivity index (χ3v) is 4.17. The number of hydrogen-bond donors (Lipinski definition) is 0. The molecule has 4 heteroatoms. The molecule has 1 atom stereocenters. The van der Waals surface area contributed by atoms with Gasteiger partial charge in [0.15, 0.2) is 6.10 Å². The van der Waals surface area contributed by atoms with Gasteiger partial charge in [-0.05, 0) is 30.5 Å². The Kier molecular flexibility index (Phi) is 6.45. The molecule has 0 N–H and O–H groups in total. The number of nitrogens with zero attached hydrogens (tertiary/aromatic N) is 1. The van der Waals surface area contributed by atoms with E-state index >= 15 is 0 Å². The van der Waals surface area contributed by atoms with Crippen molar-refractivity contribution in [2.75, 3.05) is 14.2 Å². The van der Waals surface area contributed by atoms with Crippen LogP contribution in [0.5, 0.6) is 11.5 Å². The first-order chi connectivity index (χ1) is 11.9. The van der Waals surface area contributed by atoms with Crippen molar-refractivity contribution in [2.24, 2.45) is 0 Å². The summed E-state index contributed by atoms with van der Waals surface area (Å²) in [6, 6.07) is 15.6. The lowest BCUT2D eigenvalue weighted by atomic mass is 10.0. The smallest absolute Gasteiger partial charge is 0.263 e. The van der Waals surface area contributed by atoms with E-state index in [0.29, 0.717) is 12.5 Å². The van der Waals surface area contributed by atoms with E-state index in [4.69, 9.17) is 9.47 Å². The van der Waals surface area contributed by atoms with Gasteiger partial charge in [-0.2, -0.15) is 0 Å². The van der Waals surface area contributed by atoms with Crippen LogP contribution < -0.4 is 9.47 Å². The molecule has 2 aromatic carbocycles. The lowest BCUT2D eigenvalue weighted by Gasteiger charge is -2.24. The van der Waals surface area contributed by atoms with Gasteiger partial charge in [0.05, 0.1) is 7.11 Å². The molecule has 25 heavy (non-hydrogen) atoms. The second-order valence-corrected chi connectivity index (χ2v) is 6.46. The predicted octanol–water partition coefficient (Wildman–Crippen LogP) is 4.24. The molecule has 1 unspecified atom stereocenters. The number of rotatable bonds is 7. The molecule has 0 spiro atoms. The van der Waals surface area contributed by atoms with Crippen LogP contribution in [0.3, 0.4) is 0 Å². The molecule has 0 radical (unpaired) electrons. The van der Waals surface area contributed by atoms with Crippen LogP contribution in [-0.2, 0) is 11.3 Å². The largest absolute Gasteiger partial charge is 0.496 e. The number of amides is 1. The first-order valence-electron chi connectivity index (χ1n) is 8.56. The lowest BCUT2D eigenvalue weighted by Crippen LogP contribution is -2.37. The van der Waals surface area contributed by atoms with Gasteiger partial charge in [0.1, 0.15) is 11.5 Å². The van der Waals surface area contributed by atoms with E-state index in [1.807, 2.05) is 48.5 Å². The summed E-state index contributed by atoms with van der Waals surface area (Å²) in [6.07, 6.45) is -0.556. The van der Waals surface area contributed by atoms with Crippen LogP contribution in [0.1, 0.15) is 37.8 Å². The van der Waals surface area contributed by atoms with Crippen LogP contribution in [0, 0.1) is 0 Å². The number of hydrogen-bond acceptors (Lipinski definition) is 3. The quantitative estimate of drug-likeness (QED) is 0.756. The highest BCUT2D eigenvalue weighted by Crippen LogP contribution is 2.27. The van der Waals surface area contributed by atoms with E-state index in [0.717, 1.165) is 22.6 Å². The molecule has 0 aromatic heterocycles. The maximum Gasteiger partial charge on any atom is 0.263 e. The van der Waals surface area contributed by atoms with Gasteiger partial charge < -0.3 is 14.4 Å². The van der Waals surface area contributed by atoms with Crippen molar-refractivity contribution in [2.45, 2.75) is 39.3 Å². The first-order valence-corrected chi connectivity index (χ1v) is 8.56. The fourth-order valence-electron chi connectivity index (χ4n) is 2.78. The Hall–Kier alpha value is -2.49. The molecule has 134 valence electrons. The van der Waals surface area contributed by atoms with Crippen LogP contribution in [0.4, 0.5) is 0 Å². The number of likely N-dealkylation sites (N-methyl/N-ethyl adjacent to an activating group) is 1. The van der Waals surface area contributed by atoms with Gasteiger partial charge in [-0.3, -0.25) is 4.79 Å². The van der Waals surface area contributed by atoms with E-state index in [2.05, 4.69) is 13.8 Å². The minimum atomic E-state index is -0.556. The number of methoxy groups -OCH3 is 1. The highest BCUT2D eigenvalue weighted by atomic mass is 16.5. The van der Waals surface area contributed by atoms with Crippen LogP contribution in [0.25, 0.3) is 0 Å². The molecule has 2 aromatic rings. The molecule has 0 saturated carbocycles. The normalized spacial score (nSPS) is 11.9. The molecule has 2 rings (SSSR count). The summed E-state index contributed by atoms with van der Waals surface area (Å²) in [7, 11) is 3.41. The topological polar surface area (TPSA) is 38.8 Å². The second kappa shape index (κ2) is 8.56. The van der Waals surface area contributed by atoms with Crippen molar-refractivity contribution in [1.82, 2.24) is 4.90 Å². The van der Waals surface area contributed by atoms with Crippen LogP contribution >= 0.6 is 0 Å². The summed E-state index contributed by atoms with van der Waals surface area (Å²) >= 11 is 0. The SMILES string of the molecule is COc1ccccc1CN(C)C(=O)C(C)Oc1ccccc1C(C)C. The first kappa shape index (κ1) is 18.8. The highest BCUT2D eigenvalue weighted by molar-refractivity contribution is 5.80. The van der Waals surface area contributed by atoms with Gasteiger partial charge in [0, 0.05) is 19.2 Å². The number of carbonyl (C=O) groups is 1. The Labute approximate surface area is 150 Å². The predicted molar refractivity (Wildman–Crippen MR) is 100 cm³/mol. The van der Waals surface area contributed by atoms with Gasteiger partial charge in [-0.15, -0.1) is 0 Å². The third-order valence-electron chi connectivity index (χ3n) is 4.17. The minimum absolute atomic E-state index is 0.0653. The van der Waals surface area contributed by atoms with E-state index in [1.165, 1.54) is 0 Å². The minimum Gasteiger partial charge on any atom is -0.496 e. The molecular weight excluding hydrogens is 314 g/mol. The van der Waals surface area contributed by atoms with Crippen molar-refractivity contribution in [3.05, 3.63) is 59.7 Å². The molecule has 0 saturated heterocycles. The molecule has 0 heterocycles. The molecule has 1 amide bonds. The van der Waals surface area contributed by atoms with Crippen molar-refractivity contribution in [1.29, 1.82) is 0 Å². The number of carbonyl (C=O) groups excluding carboxylic acids is 1. The molecule has 0 bridgehead atoms. The summed E-state index contributed by atoms with van der Waals surface area (Å²) in [6.45, 7) is 6.49. The van der Waals surface area contributed by atoms with Crippen molar-refractivity contribution in [3.8, 4) is 11.5 Å². The fraction of sp³-hybridized carbons (Fsp3) is 0.381. The molecule has 0 aliphatic carbocycles. The fourth-order valence-corrected chi connectivity index (χ4v) is 2.78. The second-order valence-electron chi connectivity index (χ2n) is 6.46. The summed E-state index contributed by atoms with van der Waals surface area (Å²) < 4.78 is 11.3. The summed E-state index contributed by atoms with van der Waals surface area (Å²) in [4.78, 5) is 14.4. The average molecular weight is 341 g/mol. The Morgan fingerprint density at radius 1 is 1.00 bits per heavy atom. The Morgan fingerprint density at radius 3 is 2.24 bits per heavy atom. The standard InChI is InChI=1S/C21H27NO3/c1-15(2)18-11-7-9-13-20(18)25-16(3)21(23)22(4)14-17-10-6-8-12-19(17)24-5/h6-13,15-16H,14H2,1-5H3. The summed E-state index contributed by atoms with van der Waals surface area (Å²) in [5.41, 5.74) is 2.07. The number of para-hydroxylation sites is 2. The molecule has 0 fully saturated rings. The monoisotopic (exact) mass is 341 g/mol. The van der Waals surface area contributed by atoms with E-state index in [-0.39, 0.29) is 5.91 Å². The average Bonchev–Trinajstić information content (AvgIpc) is 2.61. The lowest BCUT2D eigenvalue weighted by molar-refractivity contribution is -0.137. The highest BCUT2D eigenvalue weighted by Gasteiger charge is 2.21. The summed E-state index contributed by atoms with van der Waals surface area (Å²) in [5, 5.41) is 0. The van der Waals surface area contributed by atoms with E-state index in [9.17, 15) is 4.79 Å². The number of ether oxygens (including phenoxy) is 2. The zero-order chi connectivity index (χ0) is 18.4. The maximum atomic E-state index is 12.7. The molecule has 0 aliphatic heterocycles. The van der Waals surface area contributed by atoms with Gasteiger partial charge >= 0.3 is 0 Å². The van der Waals surface area contributed by atoms with Gasteiger partial charge in [-0.25, -0.2) is 0 Å². The van der Waals surface area contributed by atoms with Crippen molar-refractivity contribution < 1.29 is 14.3 Å². The zero-order valence-corrected chi connectivity index (χ0v) is 15.7. The van der Waals surface area contributed by atoms with Crippen molar-refractivity contribution in [3.63, 3.8) is 0 Å². The molecule has 0 aliphatic rings. The molecule has 4 nitrogen and oxygen atoms in total. The maximum absolute atomic E-state index is 12.7. The number of benzene rings is 2. The van der Waals surface area contributed by atoms with E-state index in [1.54, 1.807) is 26.0 Å². The van der Waals surface area contributed by atoms with Gasteiger partial charge in [0.2, 0.25) is 0 Å². The Morgan fingerprint density at radius 2 is 1.60 bits per heavy atom. The summed E-state index contributed by atoms with van der Waals surface area (Å²) in [5.74, 6) is 1.82. The third kappa shape index (κ3) is 4.75. The van der Waals surface area contributed by atoms with Gasteiger partial charge in [0.25, 0.3) is 5.91 Å². The van der Waals surface area contributed by atoms with Crippen LogP contribution in [0.2, 0.25) is 0 Å². The zero-order valence-electron chi connectivity index (χ0n) is 15.7. The van der Waals surface area contributed by atoms with E-state index < -0.39 is 6.10 Å². The Bertz CT molecular complexity index is 712. The van der Waals surface area contributed by atoms with Gasteiger partial charge in [-0.1, -0.05) is 50.2 Å². The van der Waals surface area contributed by atoms with Crippen molar-refractivity contribution >= 4 is 5.91 Å².